The molecule has 0 aliphatic heterocycles. The minimum absolute atomic E-state index is 0.248. The van der Waals surface area contributed by atoms with Crippen molar-refractivity contribution in [1.29, 1.82) is 0 Å². The second-order valence-electron chi connectivity index (χ2n) is 5.34. The summed E-state index contributed by atoms with van der Waals surface area (Å²) in [5.41, 5.74) is 1.96. The van der Waals surface area contributed by atoms with Crippen LogP contribution in [0.1, 0.15) is 28.7 Å². The van der Waals surface area contributed by atoms with Crippen molar-refractivity contribution < 1.29 is 13.9 Å². The van der Waals surface area contributed by atoms with E-state index in [1.807, 2.05) is 50.2 Å². The summed E-state index contributed by atoms with van der Waals surface area (Å²) in [6.07, 6.45) is 0. The van der Waals surface area contributed by atoms with Gasteiger partial charge in [-0.05, 0) is 43.7 Å². The number of carbonyl (C=O) groups is 1. The lowest BCUT2D eigenvalue weighted by Crippen LogP contribution is -2.23. The molecule has 2 heterocycles. The third-order valence-electron chi connectivity index (χ3n) is 3.48. The van der Waals surface area contributed by atoms with Crippen LogP contribution in [0.15, 0.2) is 46.9 Å². The molecule has 0 radical (unpaired) electrons. The number of carbonyl (C=O) groups excluding carboxylic acids is 1. The van der Waals surface area contributed by atoms with Gasteiger partial charge < -0.3 is 14.5 Å². The van der Waals surface area contributed by atoms with Gasteiger partial charge in [0.15, 0.2) is 11.5 Å². The second-order valence-corrected chi connectivity index (χ2v) is 5.34. The minimum atomic E-state index is -0.248. The van der Waals surface area contributed by atoms with Gasteiger partial charge in [0.05, 0.1) is 6.61 Å². The lowest BCUT2D eigenvalue weighted by Gasteiger charge is -2.06. The van der Waals surface area contributed by atoms with E-state index in [4.69, 9.17) is 9.15 Å². The Morgan fingerprint density at radius 1 is 1.29 bits per heavy atom. The van der Waals surface area contributed by atoms with Crippen molar-refractivity contribution in [3.8, 4) is 17.2 Å². The molecule has 2 N–H and O–H groups in total. The Labute approximate surface area is 139 Å². The summed E-state index contributed by atoms with van der Waals surface area (Å²) in [4.78, 5) is 12.2. The zero-order valence-electron chi connectivity index (χ0n) is 13.6. The number of amides is 1. The molecular formula is C18H19N3O3. The normalized spacial score (nSPS) is 10.6. The van der Waals surface area contributed by atoms with Crippen molar-refractivity contribution in [1.82, 2.24) is 15.5 Å². The molecule has 1 aromatic carbocycles. The third kappa shape index (κ3) is 3.65. The van der Waals surface area contributed by atoms with Crippen molar-refractivity contribution in [3.63, 3.8) is 0 Å². The number of nitrogens with zero attached hydrogens (tertiary/aromatic N) is 1. The number of hydrogen-bond acceptors (Lipinski definition) is 4. The van der Waals surface area contributed by atoms with Crippen LogP contribution < -0.4 is 10.1 Å². The van der Waals surface area contributed by atoms with Crippen molar-refractivity contribution in [2.75, 3.05) is 6.61 Å². The molecule has 2 aromatic heterocycles. The summed E-state index contributed by atoms with van der Waals surface area (Å²) < 4.78 is 11.0. The molecular weight excluding hydrogens is 306 g/mol. The average Bonchev–Trinajstić information content (AvgIpc) is 3.22. The summed E-state index contributed by atoms with van der Waals surface area (Å²) in [5.74, 6) is 2.00. The molecule has 6 nitrogen and oxygen atoms in total. The molecule has 0 saturated carbocycles. The van der Waals surface area contributed by atoms with Crippen molar-refractivity contribution in [3.05, 3.63) is 59.5 Å². The Morgan fingerprint density at radius 2 is 2.17 bits per heavy atom. The van der Waals surface area contributed by atoms with Crippen molar-refractivity contribution >= 4 is 5.91 Å². The van der Waals surface area contributed by atoms with E-state index in [0.717, 1.165) is 17.1 Å². The van der Waals surface area contributed by atoms with Crippen LogP contribution in [-0.4, -0.2) is 22.7 Å². The van der Waals surface area contributed by atoms with Crippen LogP contribution in [0.3, 0.4) is 0 Å². The van der Waals surface area contributed by atoms with Crippen molar-refractivity contribution in [2.45, 2.75) is 20.4 Å². The van der Waals surface area contributed by atoms with E-state index in [1.54, 1.807) is 6.07 Å². The Morgan fingerprint density at radius 3 is 2.92 bits per heavy atom. The highest BCUT2D eigenvalue weighted by atomic mass is 16.5. The van der Waals surface area contributed by atoms with E-state index < -0.39 is 0 Å². The fourth-order valence-electron chi connectivity index (χ4n) is 2.33. The average molecular weight is 325 g/mol. The SMILES string of the molecule is CCOc1cccc(CNC(=O)c2cc(-c3ccc(C)o3)[nH]n2)c1. The van der Waals surface area contributed by atoms with Crippen LogP contribution >= 0.6 is 0 Å². The topological polar surface area (TPSA) is 80.1 Å². The van der Waals surface area contributed by atoms with Gasteiger partial charge in [-0.1, -0.05) is 12.1 Å². The molecule has 24 heavy (non-hydrogen) atoms. The maximum absolute atomic E-state index is 12.2. The lowest BCUT2D eigenvalue weighted by atomic mass is 10.2. The molecule has 0 bridgehead atoms. The highest BCUT2D eigenvalue weighted by molar-refractivity contribution is 5.93. The van der Waals surface area contributed by atoms with E-state index in [2.05, 4.69) is 15.5 Å². The summed E-state index contributed by atoms with van der Waals surface area (Å²) in [7, 11) is 0. The predicted molar refractivity (Wildman–Crippen MR) is 89.8 cm³/mol. The van der Waals surface area contributed by atoms with E-state index in [-0.39, 0.29) is 5.91 Å². The first kappa shape index (κ1) is 15.9. The number of furan rings is 1. The maximum Gasteiger partial charge on any atom is 0.272 e. The smallest absolute Gasteiger partial charge is 0.272 e. The quantitative estimate of drug-likeness (QED) is 0.728. The Kier molecular flexibility index (Phi) is 4.65. The number of rotatable bonds is 6. The number of aromatic nitrogens is 2. The molecule has 6 heteroatoms. The molecule has 124 valence electrons. The van der Waals surface area contributed by atoms with Crippen LogP contribution in [0.5, 0.6) is 5.75 Å². The fourth-order valence-corrected chi connectivity index (χ4v) is 2.33. The monoisotopic (exact) mass is 325 g/mol. The lowest BCUT2D eigenvalue weighted by molar-refractivity contribution is 0.0946. The number of nitrogens with one attached hydrogen (secondary N) is 2. The van der Waals surface area contributed by atoms with E-state index in [0.29, 0.717) is 30.3 Å². The zero-order chi connectivity index (χ0) is 16.9. The van der Waals surface area contributed by atoms with Crippen LogP contribution in [0.2, 0.25) is 0 Å². The molecule has 3 aromatic rings. The van der Waals surface area contributed by atoms with E-state index in [9.17, 15) is 4.79 Å². The molecule has 0 aliphatic carbocycles. The highest BCUT2D eigenvalue weighted by Crippen LogP contribution is 2.20. The van der Waals surface area contributed by atoms with E-state index in [1.165, 1.54) is 0 Å². The maximum atomic E-state index is 12.2. The van der Waals surface area contributed by atoms with Gasteiger partial charge in [0.2, 0.25) is 0 Å². The van der Waals surface area contributed by atoms with Gasteiger partial charge in [-0.3, -0.25) is 9.89 Å². The molecule has 0 fully saturated rings. The summed E-state index contributed by atoms with van der Waals surface area (Å²) >= 11 is 0. The Balaban J connectivity index is 1.63. The first-order valence-electron chi connectivity index (χ1n) is 7.78. The molecule has 0 unspecified atom stereocenters. The largest absolute Gasteiger partial charge is 0.494 e. The number of ether oxygens (including phenoxy) is 1. The van der Waals surface area contributed by atoms with Gasteiger partial charge >= 0.3 is 0 Å². The standard InChI is InChI=1S/C18H19N3O3/c1-3-23-14-6-4-5-13(9-14)11-19-18(22)16-10-15(20-21-16)17-8-7-12(2)24-17/h4-10H,3,11H2,1-2H3,(H,19,22)(H,20,21). The number of hydrogen-bond donors (Lipinski definition) is 2. The third-order valence-corrected chi connectivity index (χ3v) is 3.48. The molecule has 0 atom stereocenters. The van der Waals surface area contributed by atoms with Crippen LogP contribution in [-0.2, 0) is 6.54 Å². The minimum Gasteiger partial charge on any atom is -0.494 e. The Bertz CT molecular complexity index is 835. The highest BCUT2D eigenvalue weighted by Gasteiger charge is 2.13. The number of aromatic amines is 1. The molecule has 0 spiro atoms. The molecule has 0 saturated heterocycles. The molecule has 3 rings (SSSR count). The van der Waals surface area contributed by atoms with Crippen LogP contribution in [0.25, 0.3) is 11.5 Å². The number of H-pyrrole nitrogens is 1. The van der Waals surface area contributed by atoms with Gasteiger partial charge in [0.25, 0.3) is 5.91 Å². The summed E-state index contributed by atoms with van der Waals surface area (Å²) in [6, 6.07) is 13.0. The van der Waals surface area contributed by atoms with Gasteiger partial charge in [-0.2, -0.15) is 5.10 Å². The molecule has 1 amide bonds. The zero-order valence-corrected chi connectivity index (χ0v) is 13.6. The van der Waals surface area contributed by atoms with Gasteiger partial charge in [0.1, 0.15) is 17.2 Å². The second kappa shape index (κ2) is 7.04. The predicted octanol–water partition coefficient (Wildman–Crippen LogP) is 3.31. The molecule has 0 aliphatic rings. The first-order chi connectivity index (χ1) is 11.7. The van der Waals surface area contributed by atoms with Gasteiger partial charge in [0, 0.05) is 12.6 Å². The van der Waals surface area contributed by atoms with Crippen LogP contribution in [0.4, 0.5) is 0 Å². The van der Waals surface area contributed by atoms with Crippen LogP contribution in [0, 0.1) is 6.92 Å². The van der Waals surface area contributed by atoms with Gasteiger partial charge in [-0.25, -0.2) is 0 Å². The number of aryl methyl sites for hydroxylation is 1. The first-order valence-corrected chi connectivity index (χ1v) is 7.78. The van der Waals surface area contributed by atoms with Gasteiger partial charge in [-0.15, -0.1) is 0 Å². The Hall–Kier alpha value is -3.02. The van der Waals surface area contributed by atoms with Crippen molar-refractivity contribution in [2.24, 2.45) is 0 Å². The van der Waals surface area contributed by atoms with E-state index >= 15 is 0 Å². The summed E-state index contributed by atoms with van der Waals surface area (Å²) in [6.45, 7) is 4.81. The fraction of sp³-hybridized carbons (Fsp3) is 0.222. The summed E-state index contributed by atoms with van der Waals surface area (Å²) in [5, 5.41) is 9.70. The number of benzene rings is 1.